The Morgan fingerprint density at radius 3 is 1.07 bits per heavy atom. The third kappa shape index (κ3) is 6.67. The fourth-order valence-electron chi connectivity index (χ4n) is 12.6. The zero-order valence-corrected chi connectivity index (χ0v) is 43.2. The molecule has 0 saturated heterocycles. The molecule has 3 aromatic heterocycles. The Balaban J connectivity index is 1.01. The molecule has 358 valence electrons. The summed E-state index contributed by atoms with van der Waals surface area (Å²) in [6.07, 6.45) is 0. The Morgan fingerprint density at radius 1 is 0.240 bits per heavy atom. The minimum atomic E-state index is 0.0145. The summed E-state index contributed by atoms with van der Waals surface area (Å²) in [4.78, 5) is 0. The third-order valence-electron chi connectivity index (χ3n) is 16.4. The molecule has 0 fully saturated rings. The van der Waals surface area contributed by atoms with Crippen molar-refractivity contribution < 1.29 is 0 Å². The molecule has 0 aliphatic rings. The molecule has 12 aromatic carbocycles. The van der Waals surface area contributed by atoms with Crippen LogP contribution in [0.25, 0.3) is 137 Å². The summed E-state index contributed by atoms with van der Waals surface area (Å²) in [6, 6.07) is 84.8. The minimum Gasteiger partial charge on any atom is -0.309 e. The first kappa shape index (κ1) is 43.6. The molecule has 0 amide bonds. The summed E-state index contributed by atoms with van der Waals surface area (Å²) in [6.45, 7) is 13.9. The van der Waals surface area contributed by atoms with E-state index in [2.05, 4.69) is 280 Å². The molecule has 0 bridgehead atoms. The van der Waals surface area contributed by atoms with Gasteiger partial charge in [0.1, 0.15) is 0 Å². The minimum absolute atomic E-state index is 0.0145. The SMILES string of the molecule is CC(C)(C)c1ccc2c(c1)c1cc(C(C)(C)C)ccc1n2-c1ccc2c3ccc(-n4c5ccc(-c6ccccc6)cc5c5cc(-c6ccccc6)ccc54)cc3n(-c3cc4ccc5cccc6ccc(c3)c4c56)c2c1. The first-order valence-corrected chi connectivity index (χ1v) is 26.5. The number of benzene rings is 12. The Hall–Kier alpha value is -8.92. The molecule has 75 heavy (non-hydrogen) atoms. The predicted octanol–water partition coefficient (Wildman–Crippen LogP) is 19.8. The van der Waals surface area contributed by atoms with E-state index in [1.54, 1.807) is 0 Å². The molecule has 3 heterocycles. The van der Waals surface area contributed by atoms with Crippen LogP contribution in [-0.2, 0) is 10.8 Å². The Kier molecular flexibility index (Phi) is 9.19. The highest BCUT2D eigenvalue weighted by Gasteiger charge is 2.24. The van der Waals surface area contributed by atoms with Crippen molar-refractivity contribution in [3.8, 4) is 39.3 Å². The monoisotopic (exact) mass is 961 g/mol. The molecule has 0 aliphatic heterocycles. The van der Waals surface area contributed by atoms with Crippen LogP contribution in [0.3, 0.4) is 0 Å². The van der Waals surface area contributed by atoms with Gasteiger partial charge in [-0.3, -0.25) is 0 Å². The van der Waals surface area contributed by atoms with Crippen LogP contribution in [0.5, 0.6) is 0 Å². The molecule has 15 aromatic rings. The molecule has 0 unspecified atom stereocenters. The van der Waals surface area contributed by atoms with Gasteiger partial charge in [-0.15, -0.1) is 0 Å². The van der Waals surface area contributed by atoms with Crippen molar-refractivity contribution in [3.63, 3.8) is 0 Å². The summed E-state index contributed by atoms with van der Waals surface area (Å²) < 4.78 is 7.53. The van der Waals surface area contributed by atoms with Gasteiger partial charge >= 0.3 is 0 Å². The molecular formula is C72H55N3. The number of rotatable bonds is 5. The highest BCUT2D eigenvalue weighted by molar-refractivity contribution is 6.24. The maximum atomic E-state index is 2.55. The zero-order chi connectivity index (χ0) is 50.5. The van der Waals surface area contributed by atoms with Crippen molar-refractivity contribution in [2.24, 2.45) is 0 Å². The van der Waals surface area contributed by atoms with Crippen LogP contribution in [0, 0.1) is 0 Å². The van der Waals surface area contributed by atoms with Crippen LogP contribution in [0.4, 0.5) is 0 Å². The van der Waals surface area contributed by atoms with Gasteiger partial charge < -0.3 is 13.7 Å². The first-order chi connectivity index (χ1) is 36.4. The second-order valence-electron chi connectivity index (χ2n) is 23.0. The van der Waals surface area contributed by atoms with E-state index in [1.807, 2.05) is 0 Å². The van der Waals surface area contributed by atoms with Gasteiger partial charge in [-0.25, -0.2) is 0 Å². The van der Waals surface area contributed by atoms with E-state index in [1.165, 1.54) is 126 Å². The average molecular weight is 962 g/mol. The second-order valence-corrected chi connectivity index (χ2v) is 23.0. The molecule has 15 rings (SSSR count). The van der Waals surface area contributed by atoms with E-state index in [4.69, 9.17) is 0 Å². The Labute approximate surface area is 436 Å². The molecule has 3 heteroatoms. The lowest BCUT2D eigenvalue weighted by atomic mass is 9.85. The predicted molar refractivity (Wildman–Crippen MR) is 321 cm³/mol. The van der Waals surface area contributed by atoms with E-state index >= 15 is 0 Å². The summed E-state index contributed by atoms with van der Waals surface area (Å²) in [5.41, 5.74) is 18.1. The zero-order valence-electron chi connectivity index (χ0n) is 43.2. The lowest BCUT2D eigenvalue weighted by Crippen LogP contribution is -2.10. The lowest BCUT2D eigenvalue weighted by Gasteiger charge is -2.19. The topological polar surface area (TPSA) is 14.8 Å². The molecule has 0 aliphatic carbocycles. The Morgan fingerprint density at radius 2 is 0.627 bits per heavy atom. The largest absolute Gasteiger partial charge is 0.309 e. The van der Waals surface area contributed by atoms with Gasteiger partial charge in [0.15, 0.2) is 0 Å². The van der Waals surface area contributed by atoms with Crippen molar-refractivity contribution >= 4 is 97.7 Å². The van der Waals surface area contributed by atoms with Crippen LogP contribution < -0.4 is 0 Å². The van der Waals surface area contributed by atoms with Crippen LogP contribution >= 0.6 is 0 Å². The second kappa shape index (κ2) is 15.8. The van der Waals surface area contributed by atoms with Gasteiger partial charge in [0.2, 0.25) is 0 Å². The van der Waals surface area contributed by atoms with E-state index in [-0.39, 0.29) is 10.8 Å². The summed E-state index contributed by atoms with van der Waals surface area (Å²) in [7, 11) is 0. The number of nitrogens with zero attached hydrogens (tertiary/aromatic N) is 3. The van der Waals surface area contributed by atoms with Crippen LogP contribution in [0.15, 0.2) is 224 Å². The number of hydrogen-bond donors (Lipinski definition) is 0. The molecule has 0 saturated carbocycles. The van der Waals surface area contributed by atoms with E-state index in [0.29, 0.717) is 0 Å². The van der Waals surface area contributed by atoms with Crippen molar-refractivity contribution in [1.82, 2.24) is 13.7 Å². The normalized spacial score (nSPS) is 12.7. The molecule has 0 radical (unpaired) electrons. The fraction of sp³-hybridized carbons (Fsp3) is 0.111. The lowest BCUT2D eigenvalue weighted by molar-refractivity contribution is 0.590. The number of hydrogen-bond acceptors (Lipinski definition) is 0. The summed E-state index contributed by atoms with van der Waals surface area (Å²) in [5, 5.41) is 15.2. The van der Waals surface area contributed by atoms with Gasteiger partial charge in [0.05, 0.1) is 33.1 Å². The van der Waals surface area contributed by atoms with Crippen molar-refractivity contribution in [1.29, 1.82) is 0 Å². The van der Waals surface area contributed by atoms with Gasteiger partial charge in [0.25, 0.3) is 0 Å². The van der Waals surface area contributed by atoms with Gasteiger partial charge in [-0.05, 0) is 161 Å². The molecule has 0 spiro atoms. The number of aromatic nitrogens is 3. The van der Waals surface area contributed by atoms with Crippen molar-refractivity contribution in [3.05, 3.63) is 236 Å². The van der Waals surface area contributed by atoms with Crippen molar-refractivity contribution in [2.75, 3.05) is 0 Å². The quantitative estimate of drug-likeness (QED) is 0.153. The van der Waals surface area contributed by atoms with Crippen molar-refractivity contribution in [2.45, 2.75) is 52.4 Å². The molecule has 0 N–H and O–H groups in total. The standard InChI is InChI=1S/C72H55N3/c1-71(2,3)52-26-34-65-61(40-52)62-41-53(72(4,5)6)27-35-66(62)74(65)55-29-31-58-57-30-28-54(42-67(57)75(68(58)43-55)56-36-50-22-20-46-18-13-19-47-21-23-51(37-56)70(50)69(46)47)73-63-32-24-48(44-14-9-7-10-15-44)38-59(63)60-39-49(25-33-64(60)73)45-16-11-8-12-17-45/h7-43H,1-6H3. The average Bonchev–Trinajstić information content (AvgIpc) is 4.06. The fourth-order valence-corrected chi connectivity index (χ4v) is 12.6. The maximum absolute atomic E-state index is 2.55. The van der Waals surface area contributed by atoms with Crippen LogP contribution in [0.1, 0.15) is 52.7 Å². The van der Waals surface area contributed by atoms with Crippen LogP contribution in [-0.4, -0.2) is 13.7 Å². The molecular weight excluding hydrogens is 907 g/mol. The smallest absolute Gasteiger partial charge is 0.0561 e. The van der Waals surface area contributed by atoms with Gasteiger partial charge in [-0.2, -0.15) is 0 Å². The Bertz CT molecular complexity index is 4580. The van der Waals surface area contributed by atoms with Gasteiger partial charge in [-0.1, -0.05) is 181 Å². The van der Waals surface area contributed by atoms with E-state index in [0.717, 1.165) is 22.6 Å². The van der Waals surface area contributed by atoms with E-state index in [9.17, 15) is 0 Å². The van der Waals surface area contributed by atoms with Gasteiger partial charge in [0, 0.05) is 49.4 Å². The first-order valence-electron chi connectivity index (χ1n) is 26.5. The van der Waals surface area contributed by atoms with Crippen LogP contribution in [0.2, 0.25) is 0 Å². The third-order valence-corrected chi connectivity index (χ3v) is 16.4. The highest BCUT2D eigenvalue weighted by Crippen LogP contribution is 2.44. The highest BCUT2D eigenvalue weighted by atomic mass is 15.0. The summed E-state index contributed by atoms with van der Waals surface area (Å²) >= 11 is 0. The maximum Gasteiger partial charge on any atom is 0.0561 e. The molecule has 0 atom stereocenters. The molecule has 3 nitrogen and oxygen atoms in total. The van der Waals surface area contributed by atoms with E-state index < -0.39 is 0 Å². The number of fused-ring (bicyclic) bond motifs is 9. The summed E-state index contributed by atoms with van der Waals surface area (Å²) in [5.74, 6) is 0.